The van der Waals surface area contributed by atoms with E-state index in [4.69, 9.17) is 4.74 Å². The number of hydrogen-bond acceptors (Lipinski definition) is 2. The molecule has 0 spiro atoms. The lowest BCUT2D eigenvalue weighted by molar-refractivity contribution is 0.150. The van der Waals surface area contributed by atoms with Crippen molar-refractivity contribution in [3.05, 3.63) is 29.8 Å². The van der Waals surface area contributed by atoms with Crippen LogP contribution >= 0.6 is 0 Å². The molecular formula is C15H21NO. The quantitative estimate of drug-likeness (QED) is 0.773. The summed E-state index contributed by atoms with van der Waals surface area (Å²) in [5.74, 6) is 0.960. The van der Waals surface area contributed by atoms with E-state index in [0.717, 1.165) is 11.8 Å². The molecule has 2 atom stereocenters. The Labute approximate surface area is 104 Å². The number of fused-ring (bicyclic) bond motifs is 1. The minimum Gasteiger partial charge on any atom is -0.497 e. The van der Waals surface area contributed by atoms with Crippen molar-refractivity contribution in [2.24, 2.45) is 0 Å². The minimum absolute atomic E-state index is 0.659. The summed E-state index contributed by atoms with van der Waals surface area (Å²) in [6.07, 6.45) is 6.93. The zero-order chi connectivity index (χ0) is 11.7. The molecule has 0 aromatic heterocycles. The first kappa shape index (κ1) is 11.1. The molecule has 2 fully saturated rings. The van der Waals surface area contributed by atoms with Gasteiger partial charge in [0.2, 0.25) is 0 Å². The third kappa shape index (κ3) is 2.06. The van der Waals surface area contributed by atoms with Gasteiger partial charge < -0.3 is 4.74 Å². The van der Waals surface area contributed by atoms with Crippen LogP contribution in [-0.4, -0.2) is 24.6 Å². The summed E-state index contributed by atoms with van der Waals surface area (Å²) in [4.78, 5) is 2.73. The van der Waals surface area contributed by atoms with Gasteiger partial charge in [0.15, 0.2) is 0 Å². The van der Waals surface area contributed by atoms with Gasteiger partial charge in [-0.25, -0.2) is 0 Å². The molecule has 0 N–H and O–H groups in total. The van der Waals surface area contributed by atoms with Gasteiger partial charge in [-0.15, -0.1) is 0 Å². The third-order valence-corrected chi connectivity index (χ3v) is 4.35. The molecule has 2 saturated heterocycles. The lowest BCUT2D eigenvalue weighted by atomic mass is 10.0. The van der Waals surface area contributed by atoms with Crippen LogP contribution in [0.5, 0.6) is 5.75 Å². The second-order valence-corrected chi connectivity index (χ2v) is 5.25. The zero-order valence-corrected chi connectivity index (χ0v) is 10.6. The normalized spacial score (nSPS) is 29.0. The van der Waals surface area contributed by atoms with Crippen molar-refractivity contribution in [1.82, 2.24) is 4.90 Å². The van der Waals surface area contributed by atoms with E-state index in [1.807, 2.05) is 0 Å². The number of methoxy groups -OCH3 is 1. The Morgan fingerprint density at radius 1 is 1.06 bits per heavy atom. The summed E-state index contributed by atoms with van der Waals surface area (Å²) in [7, 11) is 1.73. The standard InChI is InChI=1S/C15H21NO/c1-17-14-8-5-12(6-9-14)15-10-7-13-4-2-3-11-16(13)15/h5-6,8-9,13,15H,2-4,7,10-11H2,1H3/t13-,15+/m0/s1. The average molecular weight is 231 g/mol. The smallest absolute Gasteiger partial charge is 0.118 e. The van der Waals surface area contributed by atoms with Crippen molar-refractivity contribution in [3.63, 3.8) is 0 Å². The molecule has 2 aliphatic rings. The highest BCUT2D eigenvalue weighted by molar-refractivity contribution is 5.29. The van der Waals surface area contributed by atoms with Gasteiger partial charge in [0, 0.05) is 12.1 Å². The second-order valence-electron chi connectivity index (χ2n) is 5.25. The fourth-order valence-corrected chi connectivity index (χ4v) is 3.44. The summed E-state index contributed by atoms with van der Waals surface area (Å²) < 4.78 is 5.22. The Bertz CT molecular complexity index is 373. The number of hydrogen-bond donors (Lipinski definition) is 0. The fourth-order valence-electron chi connectivity index (χ4n) is 3.44. The Balaban J connectivity index is 1.78. The monoisotopic (exact) mass is 231 g/mol. The summed E-state index contributed by atoms with van der Waals surface area (Å²) in [5, 5.41) is 0. The topological polar surface area (TPSA) is 12.5 Å². The predicted molar refractivity (Wildman–Crippen MR) is 69.3 cm³/mol. The lowest BCUT2D eigenvalue weighted by Gasteiger charge is -2.34. The molecule has 3 rings (SSSR count). The maximum Gasteiger partial charge on any atom is 0.118 e. The van der Waals surface area contributed by atoms with E-state index in [0.29, 0.717) is 6.04 Å². The van der Waals surface area contributed by atoms with Crippen molar-refractivity contribution in [3.8, 4) is 5.75 Å². The van der Waals surface area contributed by atoms with Crippen molar-refractivity contribution >= 4 is 0 Å². The fraction of sp³-hybridized carbons (Fsp3) is 0.600. The molecule has 92 valence electrons. The van der Waals surface area contributed by atoms with Crippen LogP contribution < -0.4 is 4.74 Å². The molecule has 0 aliphatic carbocycles. The number of rotatable bonds is 2. The van der Waals surface area contributed by atoms with Gasteiger partial charge in [0.05, 0.1) is 7.11 Å². The van der Waals surface area contributed by atoms with Crippen LogP contribution in [0.1, 0.15) is 43.7 Å². The van der Waals surface area contributed by atoms with E-state index in [1.165, 1.54) is 44.2 Å². The molecule has 17 heavy (non-hydrogen) atoms. The van der Waals surface area contributed by atoms with Crippen LogP contribution in [0.4, 0.5) is 0 Å². The van der Waals surface area contributed by atoms with E-state index < -0.39 is 0 Å². The zero-order valence-electron chi connectivity index (χ0n) is 10.6. The van der Waals surface area contributed by atoms with Gasteiger partial charge in [-0.2, -0.15) is 0 Å². The van der Waals surface area contributed by atoms with Crippen LogP contribution in [0.25, 0.3) is 0 Å². The molecule has 2 aliphatic heterocycles. The summed E-state index contributed by atoms with van der Waals surface area (Å²) in [5.41, 5.74) is 1.47. The van der Waals surface area contributed by atoms with Crippen LogP contribution in [0.3, 0.4) is 0 Å². The molecule has 0 saturated carbocycles. The number of ether oxygens (including phenoxy) is 1. The number of nitrogens with zero attached hydrogens (tertiary/aromatic N) is 1. The lowest BCUT2D eigenvalue weighted by Crippen LogP contribution is -2.35. The van der Waals surface area contributed by atoms with E-state index in [2.05, 4.69) is 29.2 Å². The van der Waals surface area contributed by atoms with Crippen molar-refractivity contribution in [2.75, 3.05) is 13.7 Å². The van der Waals surface area contributed by atoms with Crippen LogP contribution in [0.2, 0.25) is 0 Å². The first-order valence-electron chi connectivity index (χ1n) is 6.78. The Morgan fingerprint density at radius 3 is 2.65 bits per heavy atom. The minimum atomic E-state index is 0.659. The maximum absolute atomic E-state index is 5.22. The third-order valence-electron chi connectivity index (χ3n) is 4.35. The molecule has 0 amide bonds. The SMILES string of the molecule is COc1ccc([C@H]2CC[C@@H]3CCCCN32)cc1. The molecule has 0 bridgehead atoms. The van der Waals surface area contributed by atoms with Gasteiger partial charge in [-0.05, 0) is 49.9 Å². The molecule has 2 nitrogen and oxygen atoms in total. The van der Waals surface area contributed by atoms with Gasteiger partial charge in [0.25, 0.3) is 0 Å². The van der Waals surface area contributed by atoms with Gasteiger partial charge in [-0.1, -0.05) is 18.6 Å². The largest absolute Gasteiger partial charge is 0.497 e. The van der Waals surface area contributed by atoms with E-state index in [-0.39, 0.29) is 0 Å². The van der Waals surface area contributed by atoms with Crippen molar-refractivity contribution < 1.29 is 4.74 Å². The number of piperidine rings is 1. The molecule has 1 aromatic rings. The van der Waals surface area contributed by atoms with E-state index in [9.17, 15) is 0 Å². The predicted octanol–water partition coefficient (Wildman–Crippen LogP) is 3.38. The Kier molecular flexibility index (Phi) is 3.06. The van der Waals surface area contributed by atoms with Crippen LogP contribution in [0.15, 0.2) is 24.3 Å². The van der Waals surface area contributed by atoms with Crippen molar-refractivity contribution in [2.45, 2.75) is 44.2 Å². The molecule has 2 heteroatoms. The average Bonchev–Trinajstić information content (AvgIpc) is 2.83. The Morgan fingerprint density at radius 2 is 1.88 bits per heavy atom. The molecule has 2 heterocycles. The Hall–Kier alpha value is -1.02. The summed E-state index contributed by atoms with van der Waals surface area (Å²) in [6.45, 7) is 1.29. The first-order chi connectivity index (χ1) is 8.38. The van der Waals surface area contributed by atoms with E-state index >= 15 is 0 Å². The van der Waals surface area contributed by atoms with Gasteiger partial charge >= 0.3 is 0 Å². The first-order valence-corrected chi connectivity index (χ1v) is 6.78. The molecular weight excluding hydrogens is 210 g/mol. The van der Waals surface area contributed by atoms with Gasteiger partial charge in [-0.3, -0.25) is 4.90 Å². The molecule has 0 unspecified atom stereocenters. The number of benzene rings is 1. The summed E-state index contributed by atoms with van der Waals surface area (Å²) >= 11 is 0. The van der Waals surface area contributed by atoms with Gasteiger partial charge in [0.1, 0.15) is 5.75 Å². The highest BCUT2D eigenvalue weighted by Gasteiger charge is 2.35. The maximum atomic E-state index is 5.22. The second kappa shape index (κ2) is 4.69. The molecule has 1 aromatic carbocycles. The van der Waals surface area contributed by atoms with Crippen LogP contribution in [-0.2, 0) is 0 Å². The van der Waals surface area contributed by atoms with E-state index in [1.54, 1.807) is 7.11 Å². The van der Waals surface area contributed by atoms with Crippen LogP contribution in [0, 0.1) is 0 Å². The highest BCUT2D eigenvalue weighted by Crippen LogP contribution is 2.40. The van der Waals surface area contributed by atoms with Crippen molar-refractivity contribution in [1.29, 1.82) is 0 Å². The highest BCUT2D eigenvalue weighted by atomic mass is 16.5. The molecule has 0 radical (unpaired) electrons. The summed E-state index contributed by atoms with van der Waals surface area (Å²) in [6, 6.07) is 10.2.